The molecule has 0 aliphatic carbocycles. The molecule has 1 aliphatic heterocycles. The minimum atomic E-state index is -0.827. The van der Waals surface area contributed by atoms with Crippen LogP contribution in [0.5, 0.6) is 11.5 Å². The van der Waals surface area contributed by atoms with E-state index in [-0.39, 0.29) is 5.37 Å². The lowest BCUT2D eigenvalue weighted by atomic mass is 10.1. The van der Waals surface area contributed by atoms with E-state index >= 15 is 0 Å². The number of aliphatic carboxylic acids is 1. The minimum absolute atomic E-state index is 0.0900. The molecule has 1 heterocycles. The molecule has 1 aliphatic rings. The van der Waals surface area contributed by atoms with Gasteiger partial charge in [0.1, 0.15) is 12.6 Å². The number of hydrogen-bond acceptors (Lipinski definition) is 5. The first kappa shape index (κ1) is 20.0. The van der Waals surface area contributed by atoms with Crippen molar-refractivity contribution >= 4 is 33.7 Å². The predicted octanol–water partition coefficient (Wildman–Crippen LogP) is 4.52. The molecule has 2 aromatic rings. The third-order valence-corrected chi connectivity index (χ3v) is 6.07. The van der Waals surface area contributed by atoms with E-state index in [4.69, 9.17) is 9.47 Å². The van der Waals surface area contributed by atoms with Crippen molar-refractivity contribution in [3.63, 3.8) is 0 Å². The fraction of sp³-hybridized carbons (Fsp3) is 0.350. The lowest BCUT2D eigenvalue weighted by molar-refractivity contribution is -0.138. The number of halogens is 1. The van der Waals surface area contributed by atoms with Gasteiger partial charge in [-0.3, -0.25) is 10.1 Å². The molecule has 2 N–H and O–H groups in total. The predicted molar refractivity (Wildman–Crippen MR) is 111 cm³/mol. The van der Waals surface area contributed by atoms with Gasteiger partial charge in [0.05, 0.1) is 16.5 Å². The largest absolute Gasteiger partial charge is 0.490 e. The molecule has 0 amide bonds. The van der Waals surface area contributed by atoms with Gasteiger partial charge in [-0.05, 0) is 53.0 Å². The number of aryl methyl sites for hydroxylation is 1. The third kappa shape index (κ3) is 4.97. The Labute approximate surface area is 171 Å². The fourth-order valence-electron chi connectivity index (χ4n) is 2.79. The third-order valence-electron chi connectivity index (χ3n) is 4.22. The summed E-state index contributed by atoms with van der Waals surface area (Å²) in [4.78, 5) is 11.2. The first-order chi connectivity index (χ1) is 13.0. The van der Waals surface area contributed by atoms with Gasteiger partial charge in [0.15, 0.2) is 11.5 Å². The number of hydrogen-bond donors (Lipinski definition) is 2. The second kappa shape index (κ2) is 8.99. The lowest BCUT2D eigenvalue weighted by Crippen LogP contribution is -2.33. The number of ether oxygens (including phenoxy) is 2. The summed E-state index contributed by atoms with van der Waals surface area (Å²) in [5, 5.41) is 12.2. The van der Waals surface area contributed by atoms with Gasteiger partial charge < -0.3 is 14.6 Å². The maximum Gasteiger partial charge on any atom is 0.321 e. The van der Waals surface area contributed by atoms with Crippen LogP contribution in [0.4, 0.5) is 0 Å². The number of carbonyl (C=O) groups is 1. The molecule has 0 saturated carbocycles. The Morgan fingerprint density at radius 1 is 1.30 bits per heavy atom. The molecule has 5 nitrogen and oxygen atoms in total. The summed E-state index contributed by atoms with van der Waals surface area (Å²) < 4.78 is 12.6. The molecule has 0 spiro atoms. The minimum Gasteiger partial charge on any atom is -0.490 e. The standard InChI is InChI=1S/C20H22BrNO4S/c1-3-25-17-9-14(19-22-16(11-27-19)20(23)24)8-15(21)18(17)26-10-13-6-4-12(2)5-7-13/h4-9,16,19,22H,3,10-11H2,1-2H3,(H,23,24)/t16-,19+/m0/s1. The smallest absolute Gasteiger partial charge is 0.321 e. The van der Waals surface area contributed by atoms with E-state index in [9.17, 15) is 9.90 Å². The summed E-state index contributed by atoms with van der Waals surface area (Å²) in [5.74, 6) is 1.01. The second-order valence-electron chi connectivity index (χ2n) is 6.31. The Kier molecular flexibility index (Phi) is 6.68. The molecule has 3 rings (SSSR count). The summed E-state index contributed by atoms with van der Waals surface area (Å²) >= 11 is 5.16. The van der Waals surface area contributed by atoms with Crippen LogP contribution in [-0.4, -0.2) is 29.5 Å². The number of carboxylic acid groups (broad SMARTS) is 1. The van der Waals surface area contributed by atoms with Crippen LogP contribution in [0.25, 0.3) is 0 Å². The zero-order chi connectivity index (χ0) is 19.4. The molecule has 1 fully saturated rings. The molecule has 144 valence electrons. The van der Waals surface area contributed by atoms with Crippen molar-refractivity contribution in [1.82, 2.24) is 5.32 Å². The van der Waals surface area contributed by atoms with Crippen LogP contribution in [0.3, 0.4) is 0 Å². The highest BCUT2D eigenvalue weighted by Crippen LogP contribution is 2.42. The topological polar surface area (TPSA) is 67.8 Å². The van der Waals surface area contributed by atoms with Crippen molar-refractivity contribution in [2.24, 2.45) is 0 Å². The Balaban J connectivity index is 1.79. The van der Waals surface area contributed by atoms with E-state index in [1.807, 2.05) is 31.2 Å². The molecule has 0 bridgehead atoms. The molecule has 2 atom stereocenters. The summed E-state index contributed by atoms with van der Waals surface area (Å²) in [6.07, 6.45) is 0. The summed E-state index contributed by atoms with van der Waals surface area (Å²) in [7, 11) is 0. The van der Waals surface area contributed by atoms with E-state index in [1.165, 1.54) is 5.56 Å². The number of nitrogens with one attached hydrogen (secondary N) is 1. The molecule has 2 aromatic carbocycles. The van der Waals surface area contributed by atoms with Crippen LogP contribution in [0, 0.1) is 6.92 Å². The number of benzene rings is 2. The number of rotatable bonds is 7. The number of thioether (sulfide) groups is 1. The van der Waals surface area contributed by atoms with Crippen molar-refractivity contribution in [3.8, 4) is 11.5 Å². The van der Waals surface area contributed by atoms with Crippen LogP contribution >= 0.6 is 27.7 Å². The molecular formula is C20H22BrNO4S. The van der Waals surface area contributed by atoms with Gasteiger partial charge in [-0.2, -0.15) is 0 Å². The Bertz CT molecular complexity index is 812. The van der Waals surface area contributed by atoms with Crippen molar-refractivity contribution in [2.75, 3.05) is 12.4 Å². The quantitative estimate of drug-likeness (QED) is 0.644. The van der Waals surface area contributed by atoms with E-state index in [0.717, 1.165) is 15.6 Å². The highest BCUT2D eigenvalue weighted by atomic mass is 79.9. The van der Waals surface area contributed by atoms with E-state index in [2.05, 4.69) is 40.3 Å². The van der Waals surface area contributed by atoms with Gasteiger partial charge in [0.2, 0.25) is 0 Å². The average molecular weight is 452 g/mol. The van der Waals surface area contributed by atoms with E-state index in [1.54, 1.807) is 11.8 Å². The second-order valence-corrected chi connectivity index (χ2v) is 8.30. The summed E-state index contributed by atoms with van der Waals surface area (Å²) in [6, 6.07) is 11.6. The van der Waals surface area contributed by atoms with Crippen molar-refractivity contribution in [3.05, 3.63) is 57.6 Å². The molecule has 7 heteroatoms. The lowest BCUT2D eigenvalue weighted by Gasteiger charge is -2.18. The first-order valence-electron chi connectivity index (χ1n) is 8.73. The van der Waals surface area contributed by atoms with Gasteiger partial charge in [-0.1, -0.05) is 29.8 Å². The monoisotopic (exact) mass is 451 g/mol. The van der Waals surface area contributed by atoms with Crippen LogP contribution in [-0.2, 0) is 11.4 Å². The fourth-order valence-corrected chi connectivity index (χ4v) is 4.58. The van der Waals surface area contributed by atoms with Gasteiger partial charge in [-0.15, -0.1) is 11.8 Å². The van der Waals surface area contributed by atoms with Crippen molar-refractivity contribution in [2.45, 2.75) is 31.9 Å². The van der Waals surface area contributed by atoms with Gasteiger partial charge in [0, 0.05) is 5.75 Å². The van der Waals surface area contributed by atoms with Crippen LogP contribution in [0.15, 0.2) is 40.9 Å². The van der Waals surface area contributed by atoms with Gasteiger partial charge in [0.25, 0.3) is 0 Å². The Hall–Kier alpha value is -1.70. The first-order valence-corrected chi connectivity index (χ1v) is 10.6. The molecule has 27 heavy (non-hydrogen) atoms. The highest BCUT2D eigenvalue weighted by Gasteiger charge is 2.31. The molecule has 1 saturated heterocycles. The molecule has 0 unspecified atom stereocenters. The highest BCUT2D eigenvalue weighted by molar-refractivity contribution is 9.10. The Morgan fingerprint density at radius 3 is 2.67 bits per heavy atom. The van der Waals surface area contributed by atoms with Crippen molar-refractivity contribution in [1.29, 1.82) is 0 Å². The van der Waals surface area contributed by atoms with Crippen LogP contribution in [0.1, 0.15) is 29.0 Å². The summed E-state index contributed by atoms with van der Waals surface area (Å²) in [5.41, 5.74) is 3.25. The normalized spacial score (nSPS) is 19.1. The summed E-state index contributed by atoms with van der Waals surface area (Å²) in [6.45, 7) is 4.93. The van der Waals surface area contributed by atoms with E-state index in [0.29, 0.717) is 30.5 Å². The van der Waals surface area contributed by atoms with Crippen molar-refractivity contribution < 1.29 is 19.4 Å². The maximum atomic E-state index is 11.2. The molecule has 0 radical (unpaired) electrons. The van der Waals surface area contributed by atoms with Crippen LogP contribution < -0.4 is 14.8 Å². The zero-order valence-corrected chi connectivity index (χ0v) is 17.6. The van der Waals surface area contributed by atoms with E-state index < -0.39 is 12.0 Å². The maximum absolute atomic E-state index is 11.2. The van der Waals surface area contributed by atoms with Gasteiger partial charge in [-0.25, -0.2) is 0 Å². The SMILES string of the molecule is CCOc1cc([C@@H]2N[C@H](C(=O)O)CS2)cc(Br)c1OCc1ccc(C)cc1. The van der Waals surface area contributed by atoms with Crippen LogP contribution in [0.2, 0.25) is 0 Å². The Morgan fingerprint density at radius 2 is 2.04 bits per heavy atom. The molecule has 0 aromatic heterocycles. The number of carboxylic acids is 1. The zero-order valence-electron chi connectivity index (χ0n) is 15.2. The average Bonchev–Trinajstić information content (AvgIpc) is 3.13. The molecular weight excluding hydrogens is 430 g/mol. The van der Waals surface area contributed by atoms with Gasteiger partial charge >= 0.3 is 5.97 Å².